The zero-order valence-electron chi connectivity index (χ0n) is 19.7. The van der Waals surface area contributed by atoms with Crippen LogP contribution in [0.25, 0.3) is 11.0 Å². The van der Waals surface area contributed by atoms with Crippen molar-refractivity contribution in [3.63, 3.8) is 0 Å². The lowest BCUT2D eigenvalue weighted by atomic mass is 9.81. The number of nitrogens with one attached hydrogen (secondary N) is 1. The number of aliphatic carboxylic acids is 1. The monoisotopic (exact) mass is 479 g/mol. The van der Waals surface area contributed by atoms with Crippen molar-refractivity contribution in [3.8, 4) is 0 Å². The maximum absolute atomic E-state index is 13.0. The van der Waals surface area contributed by atoms with Crippen molar-refractivity contribution < 1.29 is 14.7 Å². The maximum Gasteiger partial charge on any atom is 0.326 e. The van der Waals surface area contributed by atoms with Crippen LogP contribution in [0, 0.1) is 11.8 Å². The van der Waals surface area contributed by atoms with Gasteiger partial charge in [0.1, 0.15) is 11.9 Å². The number of hydrogen-bond acceptors (Lipinski definition) is 4. The van der Waals surface area contributed by atoms with Gasteiger partial charge in [-0.1, -0.05) is 45.1 Å². The maximum atomic E-state index is 13.0. The second-order valence-corrected chi connectivity index (χ2v) is 11.1. The van der Waals surface area contributed by atoms with Gasteiger partial charge in [-0.3, -0.25) is 4.79 Å². The summed E-state index contributed by atoms with van der Waals surface area (Å²) in [6.07, 6.45) is 9.41. The molecule has 0 radical (unpaired) electrons. The first-order chi connectivity index (χ1) is 16.5. The number of aromatic nitrogens is 2. The molecule has 6 nitrogen and oxygen atoms in total. The summed E-state index contributed by atoms with van der Waals surface area (Å²) >= 11 is 1.74. The van der Waals surface area contributed by atoms with E-state index in [1.807, 2.05) is 18.2 Å². The second kappa shape index (κ2) is 9.90. The standard InChI is InChI=1S/C27H33N3O3S/c1-17-6-2-3-10-23(17)30-24-12-11-19(15-21(24)28-25(30)16-20-9-5-13-34-20)26(31)29-22(27(32)33)14-18-7-4-8-18/h5,9,11-13,15,17-18,22-23H,2-4,6-8,10,14,16H2,1H3,(H,29,31)(H,32,33)/t17-,22+,23?/m1/s1. The lowest BCUT2D eigenvalue weighted by Crippen LogP contribution is -2.42. The number of nitrogens with zero attached hydrogens (tertiary/aromatic N) is 2. The highest BCUT2D eigenvalue weighted by molar-refractivity contribution is 7.09. The third-order valence-corrected chi connectivity index (χ3v) is 8.61. The van der Waals surface area contributed by atoms with Crippen LogP contribution in [-0.2, 0) is 11.2 Å². The molecule has 2 aliphatic carbocycles. The average molecular weight is 480 g/mol. The molecule has 2 heterocycles. The van der Waals surface area contributed by atoms with Gasteiger partial charge in [0, 0.05) is 22.9 Å². The van der Waals surface area contributed by atoms with Crippen molar-refractivity contribution in [2.45, 2.75) is 76.8 Å². The Bertz CT molecular complexity index is 1170. The third-order valence-electron chi connectivity index (χ3n) is 7.73. The Hall–Kier alpha value is -2.67. The van der Waals surface area contributed by atoms with E-state index in [1.165, 1.54) is 24.1 Å². The number of hydrogen-bond donors (Lipinski definition) is 2. The molecule has 2 fully saturated rings. The zero-order valence-corrected chi connectivity index (χ0v) is 20.5. The van der Waals surface area contributed by atoms with Crippen LogP contribution in [0.15, 0.2) is 35.7 Å². The van der Waals surface area contributed by atoms with E-state index in [2.05, 4.69) is 34.3 Å². The van der Waals surface area contributed by atoms with Gasteiger partial charge in [0.15, 0.2) is 0 Å². The molecule has 3 atom stereocenters. The summed E-state index contributed by atoms with van der Waals surface area (Å²) < 4.78 is 2.41. The van der Waals surface area contributed by atoms with E-state index in [9.17, 15) is 14.7 Å². The average Bonchev–Trinajstić information content (AvgIpc) is 3.42. The molecule has 2 N–H and O–H groups in total. The fourth-order valence-corrected chi connectivity index (χ4v) is 6.26. The Morgan fingerprint density at radius 2 is 2.00 bits per heavy atom. The number of amides is 1. The molecule has 0 spiro atoms. The van der Waals surface area contributed by atoms with Crippen LogP contribution < -0.4 is 5.32 Å². The van der Waals surface area contributed by atoms with Gasteiger partial charge in [-0.2, -0.15) is 0 Å². The van der Waals surface area contributed by atoms with Gasteiger partial charge in [0.2, 0.25) is 0 Å². The predicted molar refractivity (Wildman–Crippen MR) is 134 cm³/mol. The highest BCUT2D eigenvalue weighted by atomic mass is 32.1. The Kier molecular flexibility index (Phi) is 6.73. The molecule has 2 aliphatic rings. The SMILES string of the molecule is C[C@@H]1CCCCC1n1c(Cc2cccs2)nc2cc(C(=O)N[C@@H](CC3CCC3)C(=O)O)ccc21. The van der Waals surface area contributed by atoms with E-state index in [0.29, 0.717) is 29.9 Å². The minimum atomic E-state index is -0.963. The van der Waals surface area contributed by atoms with Gasteiger partial charge < -0.3 is 15.0 Å². The summed E-state index contributed by atoms with van der Waals surface area (Å²) in [4.78, 5) is 31.0. The normalized spacial score (nSPS) is 21.8. The topological polar surface area (TPSA) is 84.2 Å². The lowest BCUT2D eigenvalue weighted by Gasteiger charge is -2.31. The van der Waals surface area contributed by atoms with E-state index < -0.39 is 12.0 Å². The largest absolute Gasteiger partial charge is 0.480 e. The van der Waals surface area contributed by atoms with Gasteiger partial charge in [0.25, 0.3) is 5.91 Å². The number of imidazole rings is 1. The molecule has 1 unspecified atom stereocenters. The Morgan fingerprint density at radius 1 is 1.18 bits per heavy atom. The second-order valence-electron chi connectivity index (χ2n) is 10.1. The molecule has 1 amide bonds. The first-order valence-electron chi connectivity index (χ1n) is 12.6. The summed E-state index contributed by atoms with van der Waals surface area (Å²) in [5.41, 5.74) is 2.34. The van der Waals surface area contributed by atoms with Crippen LogP contribution in [0.5, 0.6) is 0 Å². The highest BCUT2D eigenvalue weighted by Gasteiger charge is 2.29. The van der Waals surface area contributed by atoms with Crippen molar-refractivity contribution in [1.29, 1.82) is 0 Å². The van der Waals surface area contributed by atoms with Crippen LogP contribution in [0.4, 0.5) is 0 Å². The molecule has 0 aliphatic heterocycles. The van der Waals surface area contributed by atoms with Crippen molar-refractivity contribution in [2.75, 3.05) is 0 Å². The zero-order chi connectivity index (χ0) is 23.7. The molecule has 1 aromatic carbocycles. The molecular formula is C27H33N3O3S. The third kappa shape index (κ3) is 4.76. The van der Waals surface area contributed by atoms with E-state index >= 15 is 0 Å². The van der Waals surface area contributed by atoms with Gasteiger partial charge in [-0.25, -0.2) is 9.78 Å². The van der Waals surface area contributed by atoms with Gasteiger partial charge in [0.05, 0.1) is 11.0 Å². The smallest absolute Gasteiger partial charge is 0.326 e. The van der Waals surface area contributed by atoms with Crippen molar-refractivity contribution in [3.05, 3.63) is 52.0 Å². The van der Waals surface area contributed by atoms with Gasteiger partial charge in [-0.15, -0.1) is 11.3 Å². The van der Waals surface area contributed by atoms with Gasteiger partial charge in [-0.05, 0) is 60.7 Å². The molecule has 3 aromatic rings. The van der Waals surface area contributed by atoms with Gasteiger partial charge >= 0.3 is 5.97 Å². The molecular weight excluding hydrogens is 446 g/mol. The van der Waals surface area contributed by atoms with Crippen molar-refractivity contribution in [2.24, 2.45) is 11.8 Å². The summed E-state index contributed by atoms with van der Waals surface area (Å²) in [6, 6.07) is 9.43. The first kappa shape index (κ1) is 23.1. The summed E-state index contributed by atoms with van der Waals surface area (Å²) in [6.45, 7) is 2.33. The number of carbonyl (C=O) groups excluding carboxylic acids is 1. The first-order valence-corrected chi connectivity index (χ1v) is 13.4. The van der Waals surface area contributed by atoms with Crippen LogP contribution in [0.2, 0.25) is 0 Å². The molecule has 34 heavy (non-hydrogen) atoms. The molecule has 5 rings (SSSR count). The van der Waals surface area contributed by atoms with E-state index in [4.69, 9.17) is 4.98 Å². The quantitative estimate of drug-likeness (QED) is 0.427. The van der Waals surface area contributed by atoms with Crippen molar-refractivity contribution in [1.82, 2.24) is 14.9 Å². The Balaban J connectivity index is 1.45. The lowest BCUT2D eigenvalue weighted by molar-refractivity contribution is -0.139. The van der Waals surface area contributed by atoms with E-state index in [1.54, 1.807) is 11.3 Å². The molecule has 7 heteroatoms. The Labute approximate surface area is 204 Å². The van der Waals surface area contributed by atoms with Crippen LogP contribution >= 0.6 is 11.3 Å². The summed E-state index contributed by atoms with van der Waals surface area (Å²) in [5.74, 6) is 0.724. The Morgan fingerprint density at radius 3 is 2.68 bits per heavy atom. The van der Waals surface area contributed by atoms with E-state index in [0.717, 1.165) is 49.0 Å². The molecule has 2 aromatic heterocycles. The number of fused-ring (bicyclic) bond motifs is 1. The van der Waals surface area contributed by atoms with E-state index in [-0.39, 0.29) is 5.91 Å². The van der Waals surface area contributed by atoms with Crippen LogP contribution in [0.1, 0.15) is 85.4 Å². The summed E-state index contributed by atoms with van der Waals surface area (Å²) in [7, 11) is 0. The fraction of sp³-hybridized carbons (Fsp3) is 0.519. The number of benzene rings is 1. The summed E-state index contributed by atoms with van der Waals surface area (Å²) in [5, 5.41) is 14.5. The molecule has 2 saturated carbocycles. The molecule has 180 valence electrons. The molecule has 0 saturated heterocycles. The van der Waals surface area contributed by atoms with Crippen LogP contribution in [-0.4, -0.2) is 32.6 Å². The number of carboxylic acids is 1. The fourth-order valence-electron chi connectivity index (χ4n) is 5.56. The van der Waals surface area contributed by atoms with Crippen molar-refractivity contribution >= 4 is 34.2 Å². The minimum Gasteiger partial charge on any atom is -0.480 e. The molecule has 0 bridgehead atoms. The minimum absolute atomic E-state index is 0.339. The van der Waals surface area contributed by atoms with Crippen LogP contribution in [0.3, 0.4) is 0 Å². The number of rotatable bonds is 8. The highest BCUT2D eigenvalue weighted by Crippen LogP contribution is 2.37. The predicted octanol–water partition coefficient (Wildman–Crippen LogP) is 5.81. The number of carbonyl (C=O) groups is 2. The number of thiophene rings is 1. The number of carboxylic acid groups (broad SMARTS) is 1.